The zero-order valence-electron chi connectivity index (χ0n) is 20.0. The summed E-state index contributed by atoms with van der Waals surface area (Å²) in [5.41, 5.74) is 4.52. The van der Waals surface area contributed by atoms with Crippen molar-refractivity contribution in [3.63, 3.8) is 0 Å². The van der Waals surface area contributed by atoms with Gasteiger partial charge in [-0.15, -0.1) is 0 Å². The van der Waals surface area contributed by atoms with Crippen molar-refractivity contribution in [1.29, 1.82) is 0 Å². The average Bonchev–Trinajstić information content (AvgIpc) is 3.28. The molecule has 9 nitrogen and oxygen atoms in total. The number of nitrogens with one attached hydrogen (secondary N) is 2. The molecule has 1 aliphatic rings. The first-order valence-electron chi connectivity index (χ1n) is 11.6. The number of rotatable bonds is 8. The highest BCUT2D eigenvalue weighted by Crippen LogP contribution is 2.29. The molecule has 9 heteroatoms. The van der Waals surface area contributed by atoms with Gasteiger partial charge < -0.3 is 20.1 Å². The first-order chi connectivity index (χ1) is 17.1. The Morgan fingerprint density at radius 3 is 2.80 bits per heavy atom. The highest BCUT2D eigenvalue weighted by Gasteiger charge is 2.23. The molecular weight excluding hydrogens is 444 g/mol. The van der Waals surface area contributed by atoms with E-state index in [1.165, 1.54) is 0 Å². The highest BCUT2D eigenvalue weighted by atomic mass is 16.5. The molecule has 1 fully saturated rings. The normalized spacial score (nSPS) is 14.4. The number of carbonyl (C=O) groups is 1. The van der Waals surface area contributed by atoms with E-state index in [0.717, 1.165) is 33.5 Å². The van der Waals surface area contributed by atoms with Gasteiger partial charge in [-0.2, -0.15) is 5.10 Å². The molecule has 35 heavy (non-hydrogen) atoms. The zero-order chi connectivity index (χ0) is 24.4. The number of aromatic nitrogens is 4. The lowest BCUT2D eigenvalue weighted by molar-refractivity contribution is -0.0266. The third kappa shape index (κ3) is 4.54. The molecule has 4 aromatic rings. The minimum absolute atomic E-state index is 0.125. The van der Waals surface area contributed by atoms with Gasteiger partial charge in [-0.1, -0.05) is 19.1 Å². The van der Waals surface area contributed by atoms with E-state index in [1.807, 2.05) is 29.1 Å². The van der Waals surface area contributed by atoms with E-state index in [0.29, 0.717) is 37.1 Å². The molecule has 0 saturated carbocycles. The summed E-state index contributed by atoms with van der Waals surface area (Å²) in [5, 5.41) is 11.7. The van der Waals surface area contributed by atoms with E-state index < -0.39 is 0 Å². The Morgan fingerprint density at radius 1 is 1.20 bits per heavy atom. The van der Waals surface area contributed by atoms with E-state index in [4.69, 9.17) is 9.47 Å². The van der Waals surface area contributed by atoms with E-state index in [9.17, 15) is 4.79 Å². The summed E-state index contributed by atoms with van der Waals surface area (Å²) in [7, 11) is 3.23. The standard InChI is InChI=1S/C26H28N6O3/c1-16(21-6-4-18(26(33)27-2)9-24(21)34-3)11-28-25-10-22(29-15-30-25)17-5-7-23-19(8-17)12-31-32(23)20-13-35-14-20/h4-10,12,15-16,20H,11,13-14H2,1-3H3,(H,27,33)(H,28,29,30). The minimum atomic E-state index is -0.142. The number of carbonyl (C=O) groups excluding carboxylic acids is 1. The van der Waals surface area contributed by atoms with Crippen LogP contribution in [0.1, 0.15) is 34.8 Å². The molecular formula is C26H28N6O3. The molecule has 0 radical (unpaired) electrons. The monoisotopic (exact) mass is 472 g/mol. The fraction of sp³-hybridized carbons (Fsp3) is 0.308. The van der Waals surface area contributed by atoms with Gasteiger partial charge in [0.25, 0.3) is 5.91 Å². The molecule has 3 heterocycles. The van der Waals surface area contributed by atoms with E-state index in [1.54, 1.807) is 26.6 Å². The number of nitrogens with zero attached hydrogens (tertiary/aromatic N) is 4. The molecule has 180 valence electrons. The molecule has 0 aliphatic carbocycles. The number of hydrogen-bond donors (Lipinski definition) is 2. The van der Waals surface area contributed by atoms with Crippen LogP contribution in [0.5, 0.6) is 5.75 Å². The van der Waals surface area contributed by atoms with Crippen LogP contribution in [-0.4, -0.2) is 59.6 Å². The Bertz CT molecular complexity index is 1360. The maximum absolute atomic E-state index is 11.9. The van der Waals surface area contributed by atoms with Gasteiger partial charge in [-0.05, 0) is 29.8 Å². The Morgan fingerprint density at radius 2 is 2.06 bits per heavy atom. The maximum Gasteiger partial charge on any atom is 0.251 e. The van der Waals surface area contributed by atoms with Crippen LogP contribution >= 0.6 is 0 Å². The van der Waals surface area contributed by atoms with Crippen molar-refractivity contribution in [3.8, 4) is 17.0 Å². The van der Waals surface area contributed by atoms with Crippen molar-refractivity contribution in [2.75, 3.05) is 39.2 Å². The molecule has 2 aromatic heterocycles. The van der Waals surface area contributed by atoms with Crippen LogP contribution in [-0.2, 0) is 4.74 Å². The lowest BCUT2D eigenvalue weighted by Gasteiger charge is -2.26. The second kappa shape index (κ2) is 9.71. The molecule has 1 unspecified atom stereocenters. The van der Waals surface area contributed by atoms with Crippen LogP contribution in [0.15, 0.2) is 55.0 Å². The number of fused-ring (bicyclic) bond motifs is 1. The molecule has 0 spiro atoms. The predicted molar refractivity (Wildman–Crippen MR) is 134 cm³/mol. The van der Waals surface area contributed by atoms with E-state index in [2.05, 4.69) is 50.8 Å². The summed E-state index contributed by atoms with van der Waals surface area (Å²) in [4.78, 5) is 20.8. The third-order valence-electron chi connectivity index (χ3n) is 6.37. The van der Waals surface area contributed by atoms with Crippen LogP contribution in [0.4, 0.5) is 5.82 Å². The molecule has 5 rings (SSSR count). The first kappa shape index (κ1) is 22.8. The second-order valence-corrected chi connectivity index (χ2v) is 8.66. The highest BCUT2D eigenvalue weighted by molar-refractivity contribution is 5.94. The number of benzene rings is 2. The number of anilines is 1. The Balaban J connectivity index is 1.30. The van der Waals surface area contributed by atoms with E-state index in [-0.39, 0.29) is 11.8 Å². The van der Waals surface area contributed by atoms with Gasteiger partial charge in [0.1, 0.15) is 17.9 Å². The van der Waals surface area contributed by atoms with Gasteiger partial charge in [-0.25, -0.2) is 9.97 Å². The minimum Gasteiger partial charge on any atom is -0.496 e. The Kier molecular flexibility index (Phi) is 6.33. The van der Waals surface area contributed by atoms with Gasteiger partial charge in [0.15, 0.2) is 0 Å². The van der Waals surface area contributed by atoms with Crippen molar-refractivity contribution < 1.29 is 14.3 Å². The van der Waals surface area contributed by atoms with Crippen molar-refractivity contribution in [2.24, 2.45) is 0 Å². The SMILES string of the molecule is CNC(=O)c1ccc(C(C)CNc2cc(-c3ccc4c(cnn4C4COC4)c3)ncn2)c(OC)c1. The average molecular weight is 473 g/mol. The third-order valence-corrected chi connectivity index (χ3v) is 6.37. The van der Waals surface area contributed by atoms with Gasteiger partial charge in [0, 0.05) is 42.1 Å². The van der Waals surface area contributed by atoms with Crippen molar-refractivity contribution in [1.82, 2.24) is 25.1 Å². The van der Waals surface area contributed by atoms with Crippen LogP contribution in [0.3, 0.4) is 0 Å². The summed E-state index contributed by atoms with van der Waals surface area (Å²) < 4.78 is 12.9. The first-order valence-corrected chi connectivity index (χ1v) is 11.6. The quantitative estimate of drug-likeness (QED) is 0.403. The summed E-state index contributed by atoms with van der Waals surface area (Å²) in [5.74, 6) is 1.41. The van der Waals surface area contributed by atoms with E-state index >= 15 is 0 Å². The van der Waals surface area contributed by atoms with Gasteiger partial charge in [0.2, 0.25) is 0 Å². The second-order valence-electron chi connectivity index (χ2n) is 8.66. The van der Waals surface area contributed by atoms with Crippen molar-refractivity contribution in [3.05, 3.63) is 66.1 Å². The molecule has 0 bridgehead atoms. The fourth-order valence-electron chi connectivity index (χ4n) is 4.25. The lowest BCUT2D eigenvalue weighted by Crippen LogP contribution is -2.31. The predicted octanol–water partition coefficient (Wildman–Crippen LogP) is 3.65. The molecule has 2 aromatic carbocycles. The molecule has 1 amide bonds. The van der Waals surface area contributed by atoms with Crippen LogP contribution < -0.4 is 15.4 Å². The Hall–Kier alpha value is -3.98. The molecule has 1 saturated heterocycles. The largest absolute Gasteiger partial charge is 0.496 e. The fourth-order valence-corrected chi connectivity index (χ4v) is 4.25. The lowest BCUT2D eigenvalue weighted by atomic mass is 9.98. The Labute approximate surface area is 203 Å². The van der Waals surface area contributed by atoms with Crippen molar-refractivity contribution >= 4 is 22.6 Å². The topological polar surface area (TPSA) is 103 Å². The van der Waals surface area contributed by atoms with Gasteiger partial charge in [0.05, 0.1) is 43.8 Å². The summed E-state index contributed by atoms with van der Waals surface area (Å²) in [6, 6.07) is 14.0. The van der Waals surface area contributed by atoms with Crippen molar-refractivity contribution in [2.45, 2.75) is 18.9 Å². The smallest absolute Gasteiger partial charge is 0.251 e. The summed E-state index contributed by atoms with van der Waals surface area (Å²) in [6.07, 6.45) is 3.46. The number of amides is 1. The zero-order valence-corrected chi connectivity index (χ0v) is 20.0. The number of hydrogen-bond acceptors (Lipinski definition) is 7. The van der Waals surface area contributed by atoms with Crippen LogP contribution in [0, 0.1) is 0 Å². The molecule has 1 aliphatic heterocycles. The van der Waals surface area contributed by atoms with Crippen LogP contribution in [0.25, 0.3) is 22.2 Å². The maximum atomic E-state index is 11.9. The number of methoxy groups -OCH3 is 1. The van der Waals surface area contributed by atoms with Crippen LogP contribution in [0.2, 0.25) is 0 Å². The van der Waals surface area contributed by atoms with Gasteiger partial charge in [-0.3, -0.25) is 9.48 Å². The summed E-state index contributed by atoms with van der Waals surface area (Å²) >= 11 is 0. The number of ether oxygens (including phenoxy) is 2. The van der Waals surface area contributed by atoms with Gasteiger partial charge >= 0.3 is 0 Å². The molecule has 2 N–H and O–H groups in total. The molecule has 1 atom stereocenters. The summed E-state index contributed by atoms with van der Waals surface area (Å²) in [6.45, 7) is 4.16.